The topological polar surface area (TPSA) is 76.3 Å². The SMILES string of the molecule is CCCC(CCC)=NNC(=O)c1nn(CCC)c(=O)c2ccccc12. The minimum absolute atomic E-state index is 0.171. The van der Waals surface area contributed by atoms with Gasteiger partial charge in [-0.1, -0.05) is 51.8 Å². The number of aromatic nitrogens is 2. The first-order valence-corrected chi connectivity index (χ1v) is 8.97. The van der Waals surface area contributed by atoms with Crippen LogP contribution in [0.2, 0.25) is 0 Å². The van der Waals surface area contributed by atoms with E-state index in [0.29, 0.717) is 17.3 Å². The zero-order valence-electron chi connectivity index (χ0n) is 15.2. The standard InChI is InChI=1S/C19H26N4O2/c1-4-9-14(10-5-2)20-21-18(24)17-15-11-7-8-12-16(15)19(25)23(22-17)13-6-3/h7-8,11-12H,4-6,9-10,13H2,1-3H3,(H,21,24). The van der Waals surface area contributed by atoms with Crippen LogP contribution in [-0.2, 0) is 6.54 Å². The Hall–Kier alpha value is -2.50. The largest absolute Gasteiger partial charge is 0.292 e. The minimum Gasteiger partial charge on any atom is -0.267 e. The minimum atomic E-state index is -0.384. The Morgan fingerprint density at radius 3 is 2.32 bits per heavy atom. The van der Waals surface area contributed by atoms with Crippen molar-refractivity contribution in [2.45, 2.75) is 59.4 Å². The first kappa shape index (κ1) is 18.8. The molecule has 0 atom stereocenters. The van der Waals surface area contributed by atoms with Crippen LogP contribution in [0.4, 0.5) is 0 Å². The van der Waals surface area contributed by atoms with E-state index in [0.717, 1.165) is 37.8 Å². The van der Waals surface area contributed by atoms with Crippen LogP contribution in [0.5, 0.6) is 0 Å². The van der Waals surface area contributed by atoms with Gasteiger partial charge in [0.2, 0.25) is 0 Å². The number of rotatable bonds is 8. The molecule has 1 N–H and O–H groups in total. The average molecular weight is 342 g/mol. The fourth-order valence-electron chi connectivity index (χ4n) is 2.76. The highest BCUT2D eigenvalue weighted by Gasteiger charge is 2.16. The Morgan fingerprint density at radius 1 is 1.08 bits per heavy atom. The number of nitrogens with one attached hydrogen (secondary N) is 1. The third kappa shape index (κ3) is 4.53. The first-order valence-electron chi connectivity index (χ1n) is 8.97. The Kier molecular flexibility index (Phi) is 6.86. The maximum absolute atomic E-state index is 12.6. The van der Waals surface area contributed by atoms with Gasteiger partial charge in [0.25, 0.3) is 11.5 Å². The highest BCUT2D eigenvalue weighted by Crippen LogP contribution is 2.13. The normalized spacial score (nSPS) is 10.7. The predicted octanol–water partition coefficient (Wildman–Crippen LogP) is 3.49. The molecule has 2 aromatic rings. The molecule has 0 unspecified atom stereocenters. The van der Waals surface area contributed by atoms with Crippen molar-refractivity contribution < 1.29 is 4.79 Å². The van der Waals surface area contributed by atoms with Gasteiger partial charge < -0.3 is 0 Å². The summed E-state index contributed by atoms with van der Waals surface area (Å²) in [6, 6.07) is 7.07. The van der Waals surface area contributed by atoms with Gasteiger partial charge in [0.05, 0.1) is 5.39 Å². The molecule has 0 aliphatic carbocycles. The molecule has 0 aliphatic heterocycles. The summed E-state index contributed by atoms with van der Waals surface area (Å²) in [5.41, 5.74) is 3.66. The first-order chi connectivity index (χ1) is 12.1. The molecule has 25 heavy (non-hydrogen) atoms. The predicted molar refractivity (Wildman–Crippen MR) is 101 cm³/mol. The molecule has 0 fully saturated rings. The average Bonchev–Trinajstić information content (AvgIpc) is 2.62. The molecule has 0 radical (unpaired) electrons. The van der Waals surface area contributed by atoms with E-state index in [1.165, 1.54) is 4.68 Å². The molecule has 0 bridgehead atoms. The molecule has 1 amide bonds. The fourth-order valence-corrected chi connectivity index (χ4v) is 2.76. The zero-order chi connectivity index (χ0) is 18.2. The molecule has 1 heterocycles. The molecule has 0 spiro atoms. The third-order valence-electron chi connectivity index (χ3n) is 3.91. The molecule has 134 valence electrons. The number of benzene rings is 1. The summed E-state index contributed by atoms with van der Waals surface area (Å²) < 4.78 is 1.36. The van der Waals surface area contributed by atoms with Gasteiger partial charge in [0.1, 0.15) is 0 Å². The molecule has 6 heteroatoms. The van der Waals surface area contributed by atoms with Crippen LogP contribution >= 0.6 is 0 Å². The van der Waals surface area contributed by atoms with Gasteiger partial charge in [0, 0.05) is 17.6 Å². The molecule has 0 saturated heterocycles. The van der Waals surface area contributed by atoms with Crippen molar-refractivity contribution in [2.75, 3.05) is 0 Å². The number of carbonyl (C=O) groups is 1. The van der Waals surface area contributed by atoms with Crippen molar-refractivity contribution in [2.24, 2.45) is 5.10 Å². The zero-order valence-corrected chi connectivity index (χ0v) is 15.2. The summed E-state index contributed by atoms with van der Waals surface area (Å²) in [6.07, 6.45) is 4.45. The molecule has 6 nitrogen and oxygen atoms in total. The molecular formula is C19H26N4O2. The van der Waals surface area contributed by atoms with E-state index in [-0.39, 0.29) is 17.2 Å². The lowest BCUT2D eigenvalue weighted by molar-refractivity contribution is 0.0949. The lowest BCUT2D eigenvalue weighted by Crippen LogP contribution is -2.29. The molecule has 1 aromatic heterocycles. The number of carbonyl (C=O) groups excluding carboxylic acids is 1. The maximum atomic E-state index is 12.6. The van der Waals surface area contributed by atoms with E-state index in [9.17, 15) is 9.59 Å². The van der Waals surface area contributed by atoms with Gasteiger partial charge in [-0.2, -0.15) is 10.2 Å². The second-order valence-corrected chi connectivity index (χ2v) is 6.04. The summed E-state index contributed by atoms with van der Waals surface area (Å²) in [7, 11) is 0. The molecule has 0 aliphatic rings. The van der Waals surface area contributed by atoms with Crippen LogP contribution in [0.25, 0.3) is 10.8 Å². The number of hydrogen-bond acceptors (Lipinski definition) is 4. The summed E-state index contributed by atoms with van der Waals surface area (Å²) in [6.45, 7) is 6.62. The van der Waals surface area contributed by atoms with Crippen LogP contribution < -0.4 is 11.0 Å². The van der Waals surface area contributed by atoms with Gasteiger partial charge >= 0.3 is 0 Å². The van der Waals surface area contributed by atoms with Gasteiger partial charge in [-0.25, -0.2) is 10.1 Å². The summed E-state index contributed by atoms with van der Waals surface area (Å²) in [4.78, 5) is 25.1. The van der Waals surface area contributed by atoms with E-state index in [2.05, 4.69) is 29.5 Å². The maximum Gasteiger partial charge on any atom is 0.292 e. The van der Waals surface area contributed by atoms with E-state index in [1.54, 1.807) is 24.3 Å². The second kappa shape index (κ2) is 9.11. The quantitative estimate of drug-likeness (QED) is 0.589. The van der Waals surface area contributed by atoms with Crippen LogP contribution in [-0.4, -0.2) is 21.4 Å². The Bertz CT molecular complexity index is 816. The van der Waals surface area contributed by atoms with Crippen LogP contribution in [0.15, 0.2) is 34.2 Å². The smallest absolute Gasteiger partial charge is 0.267 e. The third-order valence-corrected chi connectivity index (χ3v) is 3.91. The highest BCUT2D eigenvalue weighted by molar-refractivity contribution is 6.05. The van der Waals surface area contributed by atoms with Crippen molar-refractivity contribution in [3.63, 3.8) is 0 Å². The number of hydrazone groups is 1. The second-order valence-electron chi connectivity index (χ2n) is 6.04. The van der Waals surface area contributed by atoms with Gasteiger partial charge in [-0.3, -0.25) is 9.59 Å². The van der Waals surface area contributed by atoms with Crippen molar-refractivity contribution in [3.8, 4) is 0 Å². The van der Waals surface area contributed by atoms with E-state index >= 15 is 0 Å². The van der Waals surface area contributed by atoms with Crippen LogP contribution in [0, 0.1) is 0 Å². The Labute approximate surface area is 147 Å². The van der Waals surface area contributed by atoms with Crippen molar-refractivity contribution >= 4 is 22.4 Å². The fraction of sp³-hybridized carbons (Fsp3) is 0.474. The van der Waals surface area contributed by atoms with Crippen molar-refractivity contribution in [1.29, 1.82) is 0 Å². The number of aryl methyl sites for hydroxylation is 1. The Balaban J connectivity index is 2.42. The van der Waals surface area contributed by atoms with Gasteiger partial charge in [-0.15, -0.1) is 0 Å². The van der Waals surface area contributed by atoms with Gasteiger partial charge in [0.15, 0.2) is 5.69 Å². The van der Waals surface area contributed by atoms with Crippen molar-refractivity contribution in [3.05, 3.63) is 40.3 Å². The summed E-state index contributed by atoms with van der Waals surface area (Å²) >= 11 is 0. The molecular weight excluding hydrogens is 316 g/mol. The lowest BCUT2D eigenvalue weighted by Gasteiger charge is -2.10. The van der Waals surface area contributed by atoms with E-state index in [1.807, 2.05) is 6.92 Å². The van der Waals surface area contributed by atoms with Gasteiger partial charge in [-0.05, 0) is 25.3 Å². The van der Waals surface area contributed by atoms with Crippen LogP contribution in [0.3, 0.4) is 0 Å². The Morgan fingerprint density at radius 2 is 1.72 bits per heavy atom. The molecule has 1 aromatic carbocycles. The molecule has 0 saturated carbocycles. The number of amides is 1. The molecule has 2 rings (SSSR count). The lowest BCUT2D eigenvalue weighted by atomic mass is 10.1. The van der Waals surface area contributed by atoms with E-state index in [4.69, 9.17) is 0 Å². The number of hydrogen-bond donors (Lipinski definition) is 1. The summed E-state index contributed by atoms with van der Waals surface area (Å²) in [5.74, 6) is -0.384. The van der Waals surface area contributed by atoms with Crippen molar-refractivity contribution in [1.82, 2.24) is 15.2 Å². The highest BCUT2D eigenvalue weighted by atomic mass is 16.2. The monoisotopic (exact) mass is 342 g/mol. The number of nitrogens with zero attached hydrogens (tertiary/aromatic N) is 3. The number of fused-ring (bicyclic) bond motifs is 1. The van der Waals surface area contributed by atoms with E-state index < -0.39 is 0 Å². The van der Waals surface area contributed by atoms with Crippen LogP contribution in [0.1, 0.15) is 63.4 Å². The summed E-state index contributed by atoms with van der Waals surface area (Å²) in [5, 5.41) is 9.61.